The summed E-state index contributed by atoms with van der Waals surface area (Å²) in [5.41, 5.74) is 15.0. The van der Waals surface area contributed by atoms with Gasteiger partial charge in [0.05, 0.1) is 11.9 Å². The molecule has 1 aromatic heterocycles. The van der Waals surface area contributed by atoms with Crippen molar-refractivity contribution in [3.05, 3.63) is 41.5 Å². The number of guanidine groups is 1. The number of carbonyl (C=O) groups excluding carboxylic acids is 1. The van der Waals surface area contributed by atoms with Crippen molar-refractivity contribution in [1.29, 1.82) is 0 Å². The van der Waals surface area contributed by atoms with Crippen LogP contribution in [0.15, 0.2) is 35.3 Å². The van der Waals surface area contributed by atoms with Crippen LogP contribution in [0, 0.1) is 0 Å². The summed E-state index contributed by atoms with van der Waals surface area (Å²) in [5.74, 6) is -0.0832. The standard InChI is InChI=1S/C12H15N5O/c1-2-9-5-3-7-15-10(9)6-4-8-16-11(13)17-12(14)18/h3,5-8H,2H2,1H3,(H5,13,14,16,17,18). The number of nitrogens with zero attached hydrogens (tertiary/aromatic N) is 2. The third-order valence-corrected chi connectivity index (χ3v) is 2.06. The molecule has 5 N–H and O–H groups in total. The first-order chi connectivity index (χ1) is 8.63. The molecule has 0 unspecified atom stereocenters. The van der Waals surface area contributed by atoms with Gasteiger partial charge in [-0.1, -0.05) is 18.7 Å². The lowest BCUT2D eigenvalue weighted by Crippen LogP contribution is -2.39. The highest BCUT2D eigenvalue weighted by atomic mass is 16.2. The summed E-state index contributed by atoms with van der Waals surface area (Å²) in [6, 6.07) is 3.12. The normalized spacial score (nSPS) is 10.4. The van der Waals surface area contributed by atoms with Crippen molar-refractivity contribution in [3.8, 4) is 0 Å². The molecule has 6 nitrogen and oxygen atoms in total. The van der Waals surface area contributed by atoms with E-state index in [4.69, 9.17) is 11.5 Å². The van der Waals surface area contributed by atoms with E-state index in [9.17, 15) is 4.79 Å². The number of aromatic nitrogens is 1. The van der Waals surface area contributed by atoms with Gasteiger partial charge in [-0.05, 0) is 18.1 Å². The van der Waals surface area contributed by atoms with Crippen molar-refractivity contribution >= 4 is 18.1 Å². The minimum atomic E-state index is -0.758. The first-order valence-corrected chi connectivity index (χ1v) is 5.38. The first kappa shape index (κ1) is 13.5. The third kappa shape index (κ3) is 4.51. The fraction of sp³-hybridized carbons (Fsp3) is 0.167. The Hall–Kier alpha value is -2.59. The van der Waals surface area contributed by atoms with Crippen LogP contribution in [-0.4, -0.2) is 17.0 Å². The van der Waals surface area contributed by atoms with Crippen molar-refractivity contribution in [2.45, 2.75) is 13.3 Å². The predicted molar refractivity (Wildman–Crippen MR) is 70.5 cm³/mol. The van der Waals surface area contributed by atoms with E-state index in [1.165, 1.54) is 6.20 Å². The van der Waals surface area contributed by atoms with Gasteiger partial charge in [-0.3, -0.25) is 10.3 Å². The van der Waals surface area contributed by atoms with Crippen LogP contribution in [0.1, 0.15) is 18.2 Å². The van der Waals surface area contributed by atoms with Gasteiger partial charge in [-0.2, -0.15) is 0 Å². The van der Waals surface area contributed by atoms with E-state index in [2.05, 4.69) is 21.0 Å². The Morgan fingerprint density at radius 3 is 3.06 bits per heavy atom. The summed E-state index contributed by atoms with van der Waals surface area (Å²) in [6.45, 7) is 2.05. The molecule has 0 radical (unpaired) electrons. The Morgan fingerprint density at radius 2 is 2.39 bits per heavy atom. The van der Waals surface area contributed by atoms with Gasteiger partial charge < -0.3 is 11.5 Å². The van der Waals surface area contributed by atoms with Gasteiger partial charge in [0, 0.05) is 12.3 Å². The van der Waals surface area contributed by atoms with Crippen molar-refractivity contribution in [1.82, 2.24) is 10.3 Å². The third-order valence-electron chi connectivity index (χ3n) is 2.06. The zero-order chi connectivity index (χ0) is 13.4. The van der Waals surface area contributed by atoms with Crippen LogP contribution in [0.25, 0.3) is 6.08 Å². The topological polar surface area (TPSA) is 106 Å². The number of aryl methyl sites for hydroxylation is 1. The summed E-state index contributed by atoms with van der Waals surface area (Å²) >= 11 is 0. The lowest BCUT2D eigenvalue weighted by atomic mass is 10.1. The van der Waals surface area contributed by atoms with Crippen LogP contribution < -0.4 is 16.8 Å². The highest BCUT2D eigenvalue weighted by Gasteiger charge is 1.95. The second-order valence-corrected chi connectivity index (χ2v) is 3.35. The number of hydrogen-bond acceptors (Lipinski definition) is 3. The summed E-state index contributed by atoms with van der Waals surface area (Å²) in [6.07, 6.45) is 5.62. The van der Waals surface area contributed by atoms with Crippen LogP contribution in [0.5, 0.6) is 0 Å². The molecule has 2 amide bonds. The molecule has 1 aromatic rings. The van der Waals surface area contributed by atoms with Crippen molar-refractivity contribution in [2.24, 2.45) is 16.5 Å². The molecule has 0 aliphatic carbocycles. The van der Waals surface area contributed by atoms with E-state index in [1.54, 1.807) is 12.3 Å². The van der Waals surface area contributed by atoms with E-state index >= 15 is 0 Å². The molecule has 0 saturated heterocycles. The Kier molecular flexibility index (Phi) is 5.15. The highest BCUT2D eigenvalue weighted by Crippen LogP contribution is 2.06. The van der Waals surface area contributed by atoms with Gasteiger partial charge in [-0.15, -0.1) is 0 Å². The Morgan fingerprint density at radius 1 is 1.61 bits per heavy atom. The van der Waals surface area contributed by atoms with E-state index < -0.39 is 6.03 Å². The molecule has 0 saturated carbocycles. The molecule has 94 valence electrons. The minimum absolute atomic E-state index is 0.0832. The Balaban J connectivity index is 2.77. The molecule has 0 aliphatic rings. The van der Waals surface area contributed by atoms with Crippen LogP contribution in [0.3, 0.4) is 0 Å². The number of carbonyl (C=O) groups is 1. The first-order valence-electron chi connectivity index (χ1n) is 5.38. The average molecular weight is 245 g/mol. The van der Waals surface area contributed by atoms with Crippen LogP contribution in [0.2, 0.25) is 0 Å². The number of primary amides is 1. The fourth-order valence-corrected chi connectivity index (χ4v) is 1.26. The molecule has 0 spiro atoms. The maximum atomic E-state index is 10.4. The monoisotopic (exact) mass is 245 g/mol. The second kappa shape index (κ2) is 6.88. The number of aliphatic imine (C=N–C) groups is 1. The molecule has 0 aromatic carbocycles. The number of hydrogen-bond donors (Lipinski definition) is 3. The fourth-order valence-electron chi connectivity index (χ4n) is 1.26. The highest BCUT2D eigenvalue weighted by molar-refractivity contribution is 5.94. The molecule has 6 heteroatoms. The predicted octanol–water partition coefficient (Wildman–Crippen LogP) is 0.753. The van der Waals surface area contributed by atoms with E-state index in [0.29, 0.717) is 0 Å². The van der Waals surface area contributed by atoms with E-state index in [-0.39, 0.29) is 5.96 Å². The van der Waals surface area contributed by atoms with Gasteiger partial charge in [0.15, 0.2) is 0 Å². The van der Waals surface area contributed by atoms with Gasteiger partial charge in [0.2, 0.25) is 5.96 Å². The summed E-state index contributed by atoms with van der Waals surface area (Å²) in [4.78, 5) is 18.4. The second-order valence-electron chi connectivity index (χ2n) is 3.35. The Labute approximate surface area is 105 Å². The summed E-state index contributed by atoms with van der Waals surface area (Å²) in [7, 11) is 0. The molecule has 1 rings (SSSR count). The largest absolute Gasteiger partial charge is 0.369 e. The van der Waals surface area contributed by atoms with Gasteiger partial charge in [-0.25, -0.2) is 9.79 Å². The quantitative estimate of drug-likeness (QED) is 0.415. The molecule has 0 fully saturated rings. The van der Waals surface area contributed by atoms with Gasteiger partial charge in [0.25, 0.3) is 0 Å². The number of nitrogens with two attached hydrogens (primary N) is 2. The van der Waals surface area contributed by atoms with Crippen LogP contribution in [0.4, 0.5) is 4.79 Å². The van der Waals surface area contributed by atoms with E-state index in [1.807, 2.05) is 19.1 Å². The maximum absolute atomic E-state index is 10.4. The van der Waals surface area contributed by atoms with Crippen molar-refractivity contribution < 1.29 is 4.79 Å². The number of amides is 2. The van der Waals surface area contributed by atoms with Crippen LogP contribution in [-0.2, 0) is 6.42 Å². The number of nitrogens with one attached hydrogen (secondary N) is 1. The van der Waals surface area contributed by atoms with Crippen molar-refractivity contribution in [2.75, 3.05) is 0 Å². The average Bonchev–Trinajstić information content (AvgIpc) is 2.34. The van der Waals surface area contributed by atoms with Crippen LogP contribution >= 0.6 is 0 Å². The lowest BCUT2D eigenvalue weighted by molar-refractivity contribution is 0.253. The zero-order valence-electron chi connectivity index (χ0n) is 10.1. The van der Waals surface area contributed by atoms with Crippen molar-refractivity contribution in [3.63, 3.8) is 0 Å². The number of pyridine rings is 1. The molecular formula is C12H15N5O. The maximum Gasteiger partial charge on any atom is 0.318 e. The van der Waals surface area contributed by atoms with Gasteiger partial charge in [0.1, 0.15) is 0 Å². The van der Waals surface area contributed by atoms with E-state index in [0.717, 1.165) is 17.7 Å². The molecule has 0 aliphatic heterocycles. The SMILES string of the molecule is CCc1cccnc1C=C=CN=C(N)NC(N)=O. The lowest BCUT2D eigenvalue weighted by Gasteiger charge is -1.98. The molecule has 1 heterocycles. The molecular weight excluding hydrogens is 230 g/mol. The summed E-state index contributed by atoms with van der Waals surface area (Å²) in [5, 5.41) is 2.13. The molecule has 0 atom stereocenters. The number of urea groups is 1. The van der Waals surface area contributed by atoms with Gasteiger partial charge >= 0.3 is 6.03 Å². The summed E-state index contributed by atoms with van der Waals surface area (Å²) < 4.78 is 0. The molecule has 18 heavy (non-hydrogen) atoms. The number of rotatable bonds is 3. The molecule has 0 bridgehead atoms. The minimum Gasteiger partial charge on any atom is -0.369 e. The smallest absolute Gasteiger partial charge is 0.318 e. The Bertz CT molecular complexity index is 515. The zero-order valence-corrected chi connectivity index (χ0v) is 10.1.